The van der Waals surface area contributed by atoms with E-state index >= 15 is 0 Å². The van der Waals surface area contributed by atoms with E-state index in [1.54, 1.807) is 6.20 Å². The average Bonchev–Trinajstić information content (AvgIpc) is 3.33. The zero-order chi connectivity index (χ0) is 15.6. The van der Waals surface area contributed by atoms with Gasteiger partial charge in [0, 0.05) is 25.2 Å². The van der Waals surface area contributed by atoms with Crippen molar-refractivity contribution in [2.75, 3.05) is 6.61 Å². The first kappa shape index (κ1) is 14.2. The number of fused-ring (bicyclic) bond motifs is 1. The summed E-state index contributed by atoms with van der Waals surface area (Å²) in [5, 5.41) is 0. The van der Waals surface area contributed by atoms with Crippen molar-refractivity contribution in [2.45, 2.75) is 32.7 Å². The topological polar surface area (TPSA) is 39.9 Å². The third-order valence-corrected chi connectivity index (χ3v) is 4.26. The lowest BCUT2D eigenvalue weighted by atomic mass is 10.1. The first-order valence-corrected chi connectivity index (χ1v) is 8.26. The van der Waals surface area contributed by atoms with Crippen molar-refractivity contribution in [3.8, 4) is 5.75 Å². The highest BCUT2D eigenvalue weighted by Gasteiger charge is 2.24. The van der Waals surface area contributed by atoms with Crippen molar-refractivity contribution in [3.05, 3.63) is 54.0 Å². The number of rotatable bonds is 6. The number of aromatic nitrogens is 3. The van der Waals surface area contributed by atoms with Crippen molar-refractivity contribution in [3.63, 3.8) is 0 Å². The predicted octanol–water partition coefficient (Wildman–Crippen LogP) is 3.63. The van der Waals surface area contributed by atoms with E-state index < -0.39 is 0 Å². The van der Waals surface area contributed by atoms with Crippen LogP contribution in [-0.2, 0) is 13.0 Å². The number of benzene rings is 1. The maximum absolute atomic E-state index is 5.51. The molecule has 1 aromatic carbocycles. The number of nitrogens with zero attached hydrogens (tertiary/aromatic N) is 3. The van der Waals surface area contributed by atoms with Crippen LogP contribution in [0.15, 0.2) is 36.5 Å². The van der Waals surface area contributed by atoms with Gasteiger partial charge >= 0.3 is 0 Å². The Hall–Kier alpha value is -2.36. The van der Waals surface area contributed by atoms with Gasteiger partial charge in [-0.15, -0.1) is 0 Å². The van der Waals surface area contributed by atoms with Gasteiger partial charge in [-0.1, -0.05) is 12.1 Å². The van der Waals surface area contributed by atoms with Gasteiger partial charge < -0.3 is 9.30 Å². The highest BCUT2D eigenvalue weighted by Crippen LogP contribution is 2.32. The second-order valence-corrected chi connectivity index (χ2v) is 6.11. The van der Waals surface area contributed by atoms with Gasteiger partial charge in [-0.25, -0.2) is 9.97 Å². The maximum Gasteiger partial charge on any atom is 0.160 e. The van der Waals surface area contributed by atoms with E-state index in [-0.39, 0.29) is 0 Å². The summed E-state index contributed by atoms with van der Waals surface area (Å²) < 4.78 is 7.80. The second-order valence-electron chi connectivity index (χ2n) is 6.11. The Bertz CT molecular complexity index is 803. The quantitative estimate of drug-likeness (QED) is 0.698. The summed E-state index contributed by atoms with van der Waals surface area (Å²) in [6.07, 6.45) is 5.19. The molecule has 4 nitrogen and oxygen atoms in total. The van der Waals surface area contributed by atoms with E-state index in [1.165, 1.54) is 18.4 Å². The summed E-state index contributed by atoms with van der Waals surface area (Å²) in [5.74, 6) is 2.79. The SMILES string of the molecule is CCOc1ccc(Cc2nc3c[c]cnc3n2CC2CC2)cc1. The molecule has 0 aliphatic heterocycles. The first-order chi connectivity index (χ1) is 11.3. The van der Waals surface area contributed by atoms with Crippen LogP contribution in [0.4, 0.5) is 0 Å². The summed E-state index contributed by atoms with van der Waals surface area (Å²) in [5.41, 5.74) is 3.16. The zero-order valence-electron chi connectivity index (χ0n) is 13.3. The van der Waals surface area contributed by atoms with E-state index in [2.05, 4.69) is 27.8 Å². The van der Waals surface area contributed by atoms with Crippen LogP contribution in [-0.4, -0.2) is 21.1 Å². The molecular formula is C19H20N3O. The van der Waals surface area contributed by atoms with Gasteiger partial charge in [0.05, 0.1) is 6.61 Å². The lowest BCUT2D eigenvalue weighted by molar-refractivity contribution is 0.340. The molecule has 3 aromatic rings. The molecule has 2 heterocycles. The molecule has 0 spiro atoms. The molecule has 1 saturated carbocycles. The molecule has 0 bridgehead atoms. The Kier molecular flexibility index (Phi) is 3.74. The molecule has 0 amide bonds. The van der Waals surface area contributed by atoms with Crippen LogP contribution >= 0.6 is 0 Å². The summed E-state index contributed by atoms with van der Waals surface area (Å²) in [6, 6.07) is 13.2. The zero-order valence-corrected chi connectivity index (χ0v) is 13.3. The molecular weight excluding hydrogens is 286 g/mol. The summed E-state index contributed by atoms with van der Waals surface area (Å²) in [6.45, 7) is 3.72. The van der Waals surface area contributed by atoms with Crippen LogP contribution in [0.3, 0.4) is 0 Å². The lowest BCUT2D eigenvalue weighted by Gasteiger charge is -2.08. The van der Waals surface area contributed by atoms with E-state index in [0.29, 0.717) is 6.61 Å². The van der Waals surface area contributed by atoms with Crippen LogP contribution in [0.1, 0.15) is 31.2 Å². The molecule has 23 heavy (non-hydrogen) atoms. The summed E-state index contributed by atoms with van der Waals surface area (Å²) in [7, 11) is 0. The van der Waals surface area contributed by atoms with Gasteiger partial charge in [0.15, 0.2) is 5.65 Å². The molecule has 0 atom stereocenters. The fourth-order valence-corrected chi connectivity index (χ4v) is 2.90. The number of hydrogen-bond acceptors (Lipinski definition) is 3. The number of pyridine rings is 1. The smallest absolute Gasteiger partial charge is 0.160 e. The fraction of sp³-hybridized carbons (Fsp3) is 0.368. The minimum atomic E-state index is 0.693. The lowest BCUT2D eigenvalue weighted by Crippen LogP contribution is -2.07. The Labute approximate surface area is 136 Å². The normalized spacial score (nSPS) is 14.3. The maximum atomic E-state index is 5.51. The summed E-state index contributed by atoms with van der Waals surface area (Å²) >= 11 is 0. The molecule has 0 unspecified atom stereocenters. The number of hydrogen-bond donors (Lipinski definition) is 0. The monoisotopic (exact) mass is 306 g/mol. The van der Waals surface area contributed by atoms with Crippen LogP contribution in [0.25, 0.3) is 11.2 Å². The molecule has 4 rings (SSSR count). The van der Waals surface area contributed by atoms with Crippen LogP contribution in [0, 0.1) is 12.0 Å². The highest BCUT2D eigenvalue weighted by atomic mass is 16.5. The molecule has 1 aliphatic carbocycles. The predicted molar refractivity (Wildman–Crippen MR) is 89.5 cm³/mol. The van der Waals surface area contributed by atoms with Gasteiger partial charge in [0.1, 0.15) is 17.1 Å². The average molecular weight is 306 g/mol. The Morgan fingerprint density at radius 1 is 1.26 bits per heavy atom. The van der Waals surface area contributed by atoms with Crippen LogP contribution in [0.2, 0.25) is 0 Å². The molecule has 1 aliphatic rings. The van der Waals surface area contributed by atoms with Gasteiger partial charge in [-0.05, 0) is 49.4 Å². The standard InChI is InChI=1S/C19H20N3O/c1-2-23-16-9-7-14(8-10-16)12-18-21-17-4-3-11-20-19(17)22(18)13-15-5-6-15/h4,7-11,15H,2,5-6,12-13H2,1H3. The van der Waals surface area contributed by atoms with Gasteiger partial charge in [-0.3, -0.25) is 0 Å². The van der Waals surface area contributed by atoms with Gasteiger partial charge in [0.2, 0.25) is 0 Å². The minimum absolute atomic E-state index is 0.693. The van der Waals surface area contributed by atoms with E-state index in [4.69, 9.17) is 9.72 Å². The van der Waals surface area contributed by atoms with Gasteiger partial charge in [0.25, 0.3) is 0 Å². The third kappa shape index (κ3) is 3.07. The molecule has 0 saturated heterocycles. The van der Waals surface area contributed by atoms with E-state index in [1.807, 2.05) is 25.1 Å². The second kappa shape index (κ2) is 6.03. The molecule has 0 N–H and O–H groups in total. The molecule has 1 fully saturated rings. The minimum Gasteiger partial charge on any atom is -0.494 e. The molecule has 117 valence electrons. The van der Waals surface area contributed by atoms with Gasteiger partial charge in [-0.2, -0.15) is 0 Å². The fourth-order valence-electron chi connectivity index (χ4n) is 2.90. The Balaban J connectivity index is 1.64. The van der Waals surface area contributed by atoms with E-state index in [0.717, 1.165) is 41.6 Å². The molecule has 4 heteroatoms. The van der Waals surface area contributed by atoms with E-state index in [9.17, 15) is 0 Å². The highest BCUT2D eigenvalue weighted by molar-refractivity contribution is 5.71. The van der Waals surface area contributed by atoms with Crippen LogP contribution in [0.5, 0.6) is 5.75 Å². The Morgan fingerprint density at radius 2 is 2.09 bits per heavy atom. The first-order valence-electron chi connectivity index (χ1n) is 8.26. The number of imidazole rings is 1. The molecule has 1 radical (unpaired) electrons. The Morgan fingerprint density at radius 3 is 2.83 bits per heavy atom. The van der Waals surface area contributed by atoms with Crippen LogP contribution < -0.4 is 4.74 Å². The number of ether oxygens (including phenoxy) is 1. The van der Waals surface area contributed by atoms with Crippen molar-refractivity contribution >= 4 is 11.2 Å². The third-order valence-electron chi connectivity index (χ3n) is 4.26. The van der Waals surface area contributed by atoms with Crippen molar-refractivity contribution in [1.82, 2.24) is 14.5 Å². The van der Waals surface area contributed by atoms with Crippen molar-refractivity contribution in [2.24, 2.45) is 5.92 Å². The van der Waals surface area contributed by atoms with Crippen molar-refractivity contribution < 1.29 is 4.74 Å². The molecule has 2 aromatic heterocycles. The summed E-state index contributed by atoms with van der Waals surface area (Å²) in [4.78, 5) is 9.27. The largest absolute Gasteiger partial charge is 0.494 e. The van der Waals surface area contributed by atoms with Crippen molar-refractivity contribution in [1.29, 1.82) is 0 Å².